The molecule has 3 aromatic heterocycles. The number of nitro groups is 1. The number of non-ortho nitro benzene ring substituents is 1. The highest BCUT2D eigenvalue weighted by Crippen LogP contribution is 2.40. The molecule has 0 bridgehead atoms. The smallest absolute Gasteiger partial charge is 0.269 e. The van der Waals surface area contributed by atoms with Gasteiger partial charge in [-0.25, -0.2) is 4.99 Å². The van der Waals surface area contributed by atoms with Gasteiger partial charge in [-0.2, -0.15) is 0 Å². The second-order valence-corrected chi connectivity index (χ2v) is 9.00. The van der Waals surface area contributed by atoms with E-state index in [0.717, 1.165) is 36.8 Å². The fourth-order valence-electron chi connectivity index (χ4n) is 3.99. The van der Waals surface area contributed by atoms with E-state index in [1.165, 1.54) is 17.0 Å². The second-order valence-electron chi connectivity index (χ2n) is 7.92. The number of furan rings is 2. The number of nitro benzene ring substituents is 1. The van der Waals surface area contributed by atoms with Crippen LogP contribution in [0.15, 0.2) is 68.6 Å². The third-order valence-electron chi connectivity index (χ3n) is 5.68. The number of aryl methyl sites for hydroxylation is 1. The number of hydrogen-bond donors (Lipinski definition) is 1. The van der Waals surface area contributed by atoms with Crippen molar-refractivity contribution in [1.29, 1.82) is 0 Å². The Kier molecular flexibility index (Phi) is 6.09. The molecule has 3 heterocycles. The summed E-state index contributed by atoms with van der Waals surface area (Å²) < 4.78 is 11.2. The van der Waals surface area contributed by atoms with Gasteiger partial charge in [0.2, 0.25) is 0 Å². The minimum atomic E-state index is -0.438. The minimum Gasteiger partial charge on any atom is -0.467 e. The maximum absolute atomic E-state index is 13.1. The van der Waals surface area contributed by atoms with E-state index in [4.69, 9.17) is 8.83 Å². The zero-order chi connectivity index (χ0) is 23.5. The molecule has 5 rings (SSSR count). The van der Waals surface area contributed by atoms with Gasteiger partial charge in [0, 0.05) is 22.6 Å². The lowest BCUT2D eigenvalue weighted by Crippen LogP contribution is -2.23. The van der Waals surface area contributed by atoms with Gasteiger partial charge in [-0.1, -0.05) is 0 Å². The summed E-state index contributed by atoms with van der Waals surface area (Å²) in [5.41, 5.74) is 2.47. The van der Waals surface area contributed by atoms with Gasteiger partial charge >= 0.3 is 0 Å². The Bertz CT molecular complexity index is 1350. The fourth-order valence-corrected chi connectivity index (χ4v) is 5.22. The first-order chi connectivity index (χ1) is 16.6. The number of rotatable bonds is 7. The summed E-state index contributed by atoms with van der Waals surface area (Å²) in [6.07, 6.45) is 7.19. The normalized spacial score (nSPS) is 13.2. The van der Waals surface area contributed by atoms with E-state index < -0.39 is 4.92 Å². The number of thiophene rings is 1. The summed E-state index contributed by atoms with van der Waals surface area (Å²) in [5.74, 6) is 1.64. The molecule has 0 aliphatic heterocycles. The molecule has 1 aromatic carbocycles. The van der Waals surface area contributed by atoms with E-state index >= 15 is 0 Å². The van der Waals surface area contributed by atoms with Crippen molar-refractivity contribution in [2.75, 3.05) is 0 Å². The molecule has 1 aliphatic rings. The van der Waals surface area contributed by atoms with Crippen LogP contribution in [-0.4, -0.2) is 17.0 Å². The zero-order valence-electron chi connectivity index (χ0n) is 18.2. The fraction of sp³-hybridized carbons (Fsp3) is 0.200. The standard InChI is InChI=1S/C25H21N3O5S/c29-24(26-14-18-4-3-13-32-18)23-20-5-1-2-6-22(20)34-25(23)27-15-19-11-12-21(33-19)16-7-9-17(10-8-16)28(30)31/h3-4,7-13,15H,1-2,5-6,14H2,(H,26,29)/b27-15-. The van der Waals surface area contributed by atoms with Crippen LogP contribution < -0.4 is 5.32 Å². The summed E-state index contributed by atoms with van der Waals surface area (Å²) in [6, 6.07) is 13.4. The zero-order valence-corrected chi connectivity index (χ0v) is 19.0. The summed E-state index contributed by atoms with van der Waals surface area (Å²) in [6.45, 7) is 0.316. The lowest BCUT2D eigenvalue weighted by Gasteiger charge is -2.12. The molecular weight excluding hydrogens is 454 g/mol. The Morgan fingerprint density at radius 3 is 2.74 bits per heavy atom. The van der Waals surface area contributed by atoms with Crippen LogP contribution in [0.5, 0.6) is 0 Å². The van der Waals surface area contributed by atoms with Gasteiger partial charge in [-0.05, 0) is 67.6 Å². The largest absolute Gasteiger partial charge is 0.467 e. The van der Waals surface area contributed by atoms with E-state index in [1.807, 2.05) is 6.07 Å². The van der Waals surface area contributed by atoms with Crippen molar-refractivity contribution >= 4 is 34.1 Å². The number of amides is 1. The predicted octanol–water partition coefficient (Wildman–Crippen LogP) is 6.07. The number of fused-ring (bicyclic) bond motifs is 1. The summed E-state index contributed by atoms with van der Waals surface area (Å²) >= 11 is 1.55. The van der Waals surface area contributed by atoms with E-state index in [1.54, 1.807) is 54.1 Å². The molecule has 0 atom stereocenters. The van der Waals surface area contributed by atoms with Gasteiger partial charge in [-0.15, -0.1) is 11.3 Å². The monoisotopic (exact) mass is 475 g/mol. The maximum atomic E-state index is 13.1. The van der Waals surface area contributed by atoms with Gasteiger partial charge in [0.15, 0.2) is 0 Å². The molecule has 1 aliphatic carbocycles. The highest BCUT2D eigenvalue weighted by Gasteiger charge is 2.25. The van der Waals surface area contributed by atoms with Crippen molar-refractivity contribution < 1.29 is 18.6 Å². The number of carbonyl (C=O) groups is 1. The van der Waals surface area contributed by atoms with E-state index in [9.17, 15) is 14.9 Å². The summed E-state index contributed by atoms with van der Waals surface area (Å²) in [4.78, 5) is 29.3. The third-order valence-corrected chi connectivity index (χ3v) is 6.88. The molecule has 4 aromatic rings. The predicted molar refractivity (Wildman–Crippen MR) is 129 cm³/mol. The van der Waals surface area contributed by atoms with Gasteiger partial charge in [0.25, 0.3) is 11.6 Å². The molecule has 0 unspecified atom stereocenters. The first-order valence-electron chi connectivity index (χ1n) is 10.9. The quantitative estimate of drug-likeness (QED) is 0.198. The Labute approximate surface area is 199 Å². The van der Waals surface area contributed by atoms with Crippen molar-refractivity contribution in [2.24, 2.45) is 4.99 Å². The average molecular weight is 476 g/mol. The first-order valence-corrected chi connectivity index (χ1v) is 11.7. The first kappa shape index (κ1) is 21.8. The Hall–Kier alpha value is -3.98. The SMILES string of the molecule is O=C(NCc1ccco1)c1c(/N=C\c2ccc(-c3ccc([N+](=O)[O-])cc3)o2)sc2c1CCCC2. The van der Waals surface area contributed by atoms with Crippen LogP contribution in [0.25, 0.3) is 11.3 Å². The van der Waals surface area contributed by atoms with Crippen LogP contribution in [0, 0.1) is 10.1 Å². The molecule has 0 radical (unpaired) electrons. The van der Waals surface area contributed by atoms with E-state index in [-0.39, 0.29) is 11.6 Å². The van der Waals surface area contributed by atoms with Crippen molar-refractivity contribution in [3.05, 3.63) is 92.4 Å². The lowest BCUT2D eigenvalue weighted by molar-refractivity contribution is -0.384. The van der Waals surface area contributed by atoms with Crippen molar-refractivity contribution in [3.63, 3.8) is 0 Å². The van der Waals surface area contributed by atoms with Crippen LogP contribution in [0.4, 0.5) is 10.7 Å². The van der Waals surface area contributed by atoms with Gasteiger partial charge in [0.1, 0.15) is 22.3 Å². The number of hydrogen-bond acceptors (Lipinski definition) is 7. The van der Waals surface area contributed by atoms with Crippen LogP contribution >= 0.6 is 11.3 Å². The van der Waals surface area contributed by atoms with Crippen LogP contribution in [0.3, 0.4) is 0 Å². The average Bonchev–Trinajstić information content (AvgIpc) is 3.61. The minimum absolute atomic E-state index is 0.0246. The Morgan fingerprint density at radius 1 is 1.15 bits per heavy atom. The van der Waals surface area contributed by atoms with E-state index in [2.05, 4.69) is 10.3 Å². The number of benzene rings is 1. The Morgan fingerprint density at radius 2 is 1.97 bits per heavy atom. The van der Waals surface area contributed by atoms with Gasteiger partial charge in [-0.3, -0.25) is 14.9 Å². The molecule has 1 N–H and O–H groups in total. The molecule has 34 heavy (non-hydrogen) atoms. The van der Waals surface area contributed by atoms with Gasteiger partial charge in [0.05, 0.1) is 29.5 Å². The number of aliphatic imine (C=N–C) groups is 1. The van der Waals surface area contributed by atoms with Crippen LogP contribution in [0.1, 0.15) is 45.2 Å². The highest BCUT2D eigenvalue weighted by molar-refractivity contribution is 7.16. The molecule has 0 saturated heterocycles. The molecule has 0 saturated carbocycles. The van der Waals surface area contributed by atoms with E-state index in [0.29, 0.717) is 34.4 Å². The number of carbonyl (C=O) groups excluding carboxylic acids is 1. The third kappa shape index (κ3) is 4.55. The van der Waals surface area contributed by atoms with Crippen LogP contribution in [-0.2, 0) is 19.4 Å². The van der Waals surface area contributed by atoms with Crippen molar-refractivity contribution in [1.82, 2.24) is 5.32 Å². The number of nitrogens with one attached hydrogen (secondary N) is 1. The molecular formula is C25H21N3O5S. The van der Waals surface area contributed by atoms with Crippen LogP contribution in [0.2, 0.25) is 0 Å². The maximum Gasteiger partial charge on any atom is 0.269 e. The van der Waals surface area contributed by atoms with Crippen molar-refractivity contribution in [2.45, 2.75) is 32.2 Å². The Balaban J connectivity index is 1.37. The lowest BCUT2D eigenvalue weighted by atomic mass is 9.95. The summed E-state index contributed by atoms with van der Waals surface area (Å²) in [7, 11) is 0. The highest BCUT2D eigenvalue weighted by atomic mass is 32.1. The second kappa shape index (κ2) is 9.48. The van der Waals surface area contributed by atoms with Crippen molar-refractivity contribution in [3.8, 4) is 11.3 Å². The molecule has 1 amide bonds. The molecule has 0 fully saturated rings. The molecule has 9 heteroatoms. The molecule has 0 spiro atoms. The molecule has 8 nitrogen and oxygen atoms in total. The number of nitrogens with zero attached hydrogens (tertiary/aromatic N) is 2. The van der Waals surface area contributed by atoms with Gasteiger partial charge < -0.3 is 14.2 Å². The topological polar surface area (TPSA) is 111 Å². The summed E-state index contributed by atoms with van der Waals surface area (Å²) in [5, 5.41) is 14.5. The molecule has 172 valence electrons.